The van der Waals surface area contributed by atoms with E-state index in [4.69, 9.17) is 4.74 Å². The lowest BCUT2D eigenvalue weighted by molar-refractivity contribution is 0.350. The fourth-order valence-corrected chi connectivity index (χ4v) is 2.20. The molecule has 0 unspecified atom stereocenters. The molecule has 0 aliphatic rings. The Kier molecular flexibility index (Phi) is 14.1. The Morgan fingerprint density at radius 1 is 1.00 bits per heavy atom. The molecule has 0 spiro atoms. The van der Waals surface area contributed by atoms with Crippen molar-refractivity contribution < 1.29 is 13.5 Å². The molecule has 0 aliphatic heterocycles. The van der Waals surface area contributed by atoms with E-state index in [1.54, 1.807) is 31.3 Å². The molecule has 2 aromatic rings. The van der Waals surface area contributed by atoms with Gasteiger partial charge in [0.15, 0.2) is 0 Å². The number of hydrogen-bond donors (Lipinski definition) is 1. The van der Waals surface area contributed by atoms with Gasteiger partial charge in [0.05, 0.1) is 0 Å². The molecule has 0 amide bonds. The maximum Gasteiger partial charge on any atom is 0.126 e. The van der Waals surface area contributed by atoms with Crippen LogP contribution in [0.3, 0.4) is 0 Å². The topological polar surface area (TPSA) is 21.3 Å². The average molecular weight is 428 g/mol. The fourth-order valence-electron chi connectivity index (χ4n) is 2.20. The van der Waals surface area contributed by atoms with Gasteiger partial charge in [-0.15, -0.1) is 6.58 Å². The number of benzene rings is 2. The summed E-state index contributed by atoms with van der Waals surface area (Å²) < 4.78 is 30.9. The molecule has 0 atom stereocenters. The van der Waals surface area contributed by atoms with Crippen molar-refractivity contribution in [2.75, 3.05) is 19.0 Å². The van der Waals surface area contributed by atoms with Crippen LogP contribution in [0.2, 0.25) is 0 Å². The Labute approximate surface area is 186 Å². The maximum atomic E-state index is 12.9. The van der Waals surface area contributed by atoms with E-state index in [0.717, 1.165) is 22.4 Å². The van der Waals surface area contributed by atoms with Crippen LogP contribution < -0.4 is 10.1 Å². The third-order valence-corrected chi connectivity index (χ3v) is 3.85. The normalized spacial score (nSPS) is 10.7. The molecule has 0 fully saturated rings. The van der Waals surface area contributed by atoms with Crippen LogP contribution in [0.5, 0.6) is 5.75 Å². The van der Waals surface area contributed by atoms with Crippen molar-refractivity contribution >= 4 is 11.3 Å². The van der Waals surface area contributed by atoms with Gasteiger partial charge in [-0.2, -0.15) is 0 Å². The molecule has 2 nitrogen and oxygen atoms in total. The lowest BCUT2D eigenvalue weighted by atomic mass is 10.0. The minimum absolute atomic E-state index is 0.238. The van der Waals surface area contributed by atoms with Gasteiger partial charge < -0.3 is 10.1 Å². The highest BCUT2D eigenvalue weighted by Gasteiger charge is 2.04. The van der Waals surface area contributed by atoms with E-state index in [-0.39, 0.29) is 11.6 Å². The van der Waals surface area contributed by atoms with Crippen LogP contribution in [0.15, 0.2) is 85.0 Å². The largest absolute Gasteiger partial charge is 0.489 e. The second-order valence-electron chi connectivity index (χ2n) is 6.98. The van der Waals surface area contributed by atoms with Crippen LogP contribution in [-0.4, -0.2) is 13.7 Å². The predicted octanol–water partition coefficient (Wildman–Crippen LogP) is 8.21. The molecule has 0 aliphatic carbocycles. The first-order valence-electron chi connectivity index (χ1n) is 10.1. The summed E-state index contributed by atoms with van der Waals surface area (Å²) in [6, 6.07) is 10.8. The summed E-state index contributed by atoms with van der Waals surface area (Å²) in [5.41, 5.74) is 5.03. The standard InChI is InChI=1S/C12H14FN.C11H13FO.C4H8/c1-4-9(5-2)11-7-6-10(13)8-12(11)14-3;1-3-9(2)8-13-11-6-4-5-10(12)7-11;1-4(2)3/h4-8,14H,1H2,2-3H3;3-7H,8H2,1-2H3;1H2,2-3H3/b9-5+;9-3+;. The molecule has 0 radical (unpaired) electrons. The zero-order valence-corrected chi connectivity index (χ0v) is 19.6. The number of hydrogen-bond acceptors (Lipinski definition) is 2. The average Bonchev–Trinajstić information content (AvgIpc) is 2.73. The summed E-state index contributed by atoms with van der Waals surface area (Å²) in [6.45, 7) is 17.6. The third-order valence-electron chi connectivity index (χ3n) is 3.85. The van der Waals surface area contributed by atoms with Crippen LogP contribution in [-0.2, 0) is 0 Å². The van der Waals surface area contributed by atoms with Crippen LogP contribution >= 0.6 is 0 Å². The van der Waals surface area contributed by atoms with Crippen molar-refractivity contribution in [2.24, 2.45) is 0 Å². The highest BCUT2D eigenvalue weighted by molar-refractivity contribution is 5.81. The first kappa shape index (κ1) is 27.9. The lowest BCUT2D eigenvalue weighted by Gasteiger charge is -2.09. The van der Waals surface area contributed by atoms with Gasteiger partial charge in [-0.25, -0.2) is 8.78 Å². The quantitative estimate of drug-likeness (QED) is 0.370. The molecule has 0 heterocycles. The summed E-state index contributed by atoms with van der Waals surface area (Å²) in [7, 11) is 1.77. The monoisotopic (exact) mass is 427 g/mol. The van der Waals surface area contributed by atoms with E-state index in [1.165, 1.54) is 29.8 Å². The molecule has 0 aromatic heterocycles. The lowest BCUT2D eigenvalue weighted by Crippen LogP contribution is -1.98. The first-order valence-corrected chi connectivity index (χ1v) is 10.1. The molecule has 1 N–H and O–H groups in total. The van der Waals surface area contributed by atoms with E-state index in [0.29, 0.717) is 12.4 Å². The van der Waals surface area contributed by atoms with E-state index >= 15 is 0 Å². The van der Waals surface area contributed by atoms with Crippen molar-refractivity contribution in [1.82, 2.24) is 0 Å². The van der Waals surface area contributed by atoms with Crippen molar-refractivity contribution in [3.05, 3.63) is 102 Å². The summed E-state index contributed by atoms with van der Waals surface area (Å²) in [6.07, 6.45) is 5.68. The van der Waals surface area contributed by atoms with Gasteiger partial charge in [0.1, 0.15) is 24.0 Å². The molecule has 2 aromatic carbocycles. The first-order chi connectivity index (χ1) is 14.7. The van der Waals surface area contributed by atoms with Crippen molar-refractivity contribution in [3.8, 4) is 5.75 Å². The number of ether oxygens (including phenoxy) is 1. The molecular formula is C27H35F2NO. The smallest absolute Gasteiger partial charge is 0.126 e. The Hall–Kier alpha value is -3.14. The zero-order valence-electron chi connectivity index (χ0n) is 19.6. The Morgan fingerprint density at radius 2 is 1.61 bits per heavy atom. The molecule has 31 heavy (non-hydrogen) atoms. The Balaban J connectivity index is 0.000000497. The Bertz CT molecular complexity index is 894. The van der Waals surface area contributed by atoms with E-state index in [2.05, 4.69) is 18.5 Å². The molecule has 2 rings (SSSR count). The highest BCUT2D eigenvalue weighted by Crippen LogP contribution is 2.25. The van der Waals surface area contributed by atoms with E-state index < -0.39 is 0 Å². The number of halogens is 2. The molecule has 0 bridgehead atoms. The number of allylic oxidation sites excluding steroid dienone is 5. The van der Waals surface area contributed by atoms with E-state index in [1.807, 2.05) is 46.8 Å². The summed E-state index contributed by atoms with van der Waals surface area (Å²) >= 11 is 0. The second-order valence-corrected chi connectivity index (χ2v) is 6.98. The van der Waals surface area contributed by atoms with Gasteiger partial charge in [0.2, 0.25) is 0 Å². The van der Waals surface area contributed by atoms with E-state index in [9.17, 15) is 8.78 Å². The summed E-state index contributed by atoms with van der Waals surface area (Å²) in [4.78, 5) is 0. The van der Waals surface area contributed by atoms with Gasteiger partial charge in [0.25, 0.3) is 0 Å². The molecular weight excluding hydrogens is 392 g/mol. The summed E-state index contributed by atoms with van der Waals surface area (Å²) in [5.74, 6) is 0.0643. The summed E-state index contributed by atoms with van der Waals surface area (Å²) in [5, 5.41) is 2.96. The third kappa shape index (κ3) is 12.2. The number of nitrogens with one attached hydrogen (secondary N) is 1. The maximum absolute atomic E-state index is 12.9. The van der Waals surface area contributed by atoms with Crippen molar-refractivity contribution in [2.45, 2.75) is 34.6 Å². The minimum Gasteiger partial charge on any atom is -0.489 e. The van der Waals surface area contributed by atoms with Gasteiger partial charge in [-0.05, 0) is 76.1 Å². The number of anilines is 1. The van der Waals surface area contributed by atoms with Crippen molar-refractivity contribution in [1.29, 1.82) is 0 Å². The van der Waals surface area contributed by atoms with Crippen molar-refractivity contribution in [3.63, 3.8) is 0 Å². The fraction of sp³-hybridized carbons (Fsp3) is 0.259. The Morgan fingerprint density at radius 3 is 2.10 bits per heavy atom. The van der Waals surface area contributed by atoms with Crippen LogP contribution in [0.4, 0.5) is 14.5 Å². The zero-order chi connectivity index (χ0) is 23.8. The molecule has 0 saturated heterocycles. The van der Waals surface area contributed by atoms with Gasteiger partial charge in [0, 0.05) is 24.4 Å². The molecule has 0 saturated carbocycles. The van der Waals surface area contributed by atoms with Crippen LogP contribution in [0.25, 0.3) is 5.57 Å². The highest BCUT2D eigenvalue weighted by atomic mass is 19.1. The van der Waals surface area contributed by atoms with Gasteiger partial charge >= 0.3 is 0 Å². The van der Waals surface area contributed by atoms with Crippen LogP contribution in [0.1, 0.15) is 40.2 Å². The van der Waals surface area contributed by atoms with Gasteiger partial charge in [-0.1, -0.05) is 36.4 Å². The minimum atomic E-state index is -0.268. The molecule has 4 heteroatoms. The second kappa shape index (κ2) is 15.7. The van der Waals surface area contributed by atoms with Crippen LogP contribution in [0, 0.1) is 11.6 Å². The number of rotatable bonds is 6. The predicted molar refractivity (Wildman–Crippen MR) is 132 cm³/mol. The SMILES string of the molecule is C/C=C(\C)COc1cccc(F)c1.C=C(C)C.C=C/C(=C\C)c1ccc(F)cc1NC. The molecule has 168 valence electrons. The van der Waals surface area contributed by atoms with Gasteiger partial charge in [-0.3, -0.25) is 0 Å².